The van der Waals surface area contributed by atoms with Crippen LogP contribution in [-0.4, -0.2) is 0 Å². The smallest absolute Gasteiger partial charge is 0.0522 e. The second-order valence-corrected chi connectivity index (χ2v) is 8.17. The Morgan fingerprint density at radius 2 is 1.27 bits per heavy atom. The molecule has 0 atom stereocenters. The van der Waals surface area contributed by atoms with Gasteiger partial charge in [0.1, 0.15) is 0 Å². The molecule has 0 bridgehead atoms. The van der Waals surface area contributed by atoms with Gasteiger partial charge in [0, 0.05) is 16.3 Å². The van der Waals surface area contributed by atoms with E-state index in [9.17, 15) is 0 Å². The lowest BCUT2D eigenvalue weighted by Crippen LogP contribution is -2.22. The largest absolute Gasteiger partial charge is 0.357 e. The molecular formula is C24H26NP. The van der Waals surface area contributed by atoms with E-state index >= 15 is 0 Å². The van der Waals surface area contributed by atoms with Crippen LogP contribution in [0.2, 0.25) is 0 Å². The molecule has 3 rings (SSSR count). The highest BCUT2D eigenvalue weighted by Gasteiger charge is 2.15. The second-order valence-electron chi connectivity index (χ2n) is 6.24. The van der Waals surface area contributed by atoms with Crippen molar-refractivity contribution in [3.63, 3.8) is 0 Å². The van der Waals surface area contributed by atoms with Gasteiger partial charge in [-0.15, -0.1) is 0 Å². The summed E-state index contributed by atoms with van der Waals surface area (Å²) in [4.78, 5) is 0. The Hall–Kier alpha value is -2.37. The number of hydrogen-bond acceptors (Lipinski definition) is 1. The lowest BCUT2D eigenvalue weighted by atomic mass is 10.1. The van der Waals surface area contributed by atoms with E-state index in [-0.39, 0.29) is 0 Å². The highest BCUT2D eigenvalue weighted by atomic mass is 31.1. The van der Waals surface area contributed by atoms with Crippen LogP contribution in [0.3, 0.4) is 0 Å². The Labute approximate surface area is 158 Å². The molecule has 1 N–H and O–H groups in total. The van der Waals surface area contributed by atoms with Gasteiger partial charge in [0.05, 0.1) is 8.07 Å². The van der Waals surface area contributed by atoms with Gasteiger partial charge in [0.25, 0.3) is 0 Å². The molecule has 0 saturated carbocycles. The van der Waals surface area contributed by atoms with E-state index in [1.54, 1.807) is 0 Å². The fraction of sp³-hybridized carbons (Fsp3) is 0.167. The maximum absolute atomic E-state index is 3.89. The van der Waals surface area contributed by atoms with Crippen molar-refractivity contribution in [1.82, 2.24) is 5.09 Å². The molecule has 0 aliphatic heterocycles. The molecule has 1 nitrogen and oxygen atoms in total. The van der Waals surface area contributed by atoms with E-state index < -0.39 is 8.07 Å². The number of allylic oxidation sites excluding steroid dienone is 1. The summed E-state index contributed by atoms with van der Waals surface area (Å²) in [6, 6.07) is 32.2. The molecule has 26 heavy (non-hydrogen) atoms. The Kier molecular flexibility index (Phi) is 7.05. The van der Waals surface area contributed by atoms with Gasteiger partial charge in [0.15, 0.2) is 0 Å². The van der Waals surface area contributed by atoms with Crippen LogP contribution in [0.5, 0.6) is 0 Å². The molecule has 0 aliphatic rings. The maximum atomic E-state index is 3.89. The van der Waals surface area contributed by atoms with Crippen LogP contribution in [-0.2, 0) is 0 Å². The van der Waals surface area contributed by atoms with Gasteiger partial charge >= 0.3 is 0 Å². The zero-order valence-electron chi connectivity index (χ0n) is 15.3. The summed E-state index contributed by atoms with van der Waals surface area (Å²) in [6.07, 6.45) is 5.89. The van der Waals surface area contributed by atoms with Crippen molar-refractivity contribution in [3.05, 3.63) is 103 Å². The normalized spacial score (nSPS) is 11.5. The van der Waals surface area contributed by atoms with E-state index in [2.05, 4.69) is 109 Å². The first-order chi connectivity index (χ1) is 12.9. The fourth-order valence-corrected chi connectivity index (χ4v) is 4.81. The third-order valence-corrected chi connectivity index (χ3v) is 6.35. The molecule has 0 aromatic heterocycles. The summed E-state index contributed by atoms with van der Waals surface area (Å²) in [5.74, 6) is 0. The van der Waals surface area contributed by atoms with E-state index in [0.29, 0.717) is 0 Å². The molecule has 0 aliphatic carbocycles. The van der Waals surface area contributed by atoms with Gasteiger partial charge in [-0.05, 0) is 18.4 Å². The van der Waals surface area contributed by atoms with E-state index in [4.69, 9.17) is 0 Å². The molecule has 0 amide bonds. The van der Waals surface area contributed by atoms with Crippen LogP contribution in [0.15, 0.2) is 97.1 Å². The first-order valence-corrected chi connectivity index (χ1v) is 10.6. The minimum atomic E-state index is -0.653. The van der Waals surface area contributed by atoms with Gasteiger partial charge in [-0.2, -0.15) is 0 Å². The van der Waals surface area contributed by atoms with E-state index in [1.165, 1.54) is 34.7 Å². The molecular weight excluding hydrogens is 333 g/mol. The molecule has 0 spiro atoms. The zero-order chi connectivity index (χ0) is 18.0. The van der Waals surface area contributed by atoms with Crippen LogP contribution in [0, 0.1) is 0 Å². The van der Waals surface area contributed by atoms with Gasteiger partial charge in [0.2, 0.25) is 0 Å². The Morgan fingerprint density at radius 3 is 1.77 bits per heavy atom. The van der Waals surface area contributed by atoms with Gasteiger partial charge in [-0.1, -0.05) is 110 Å². The molecule has 0 heterocycles. The molecule has 0 radical (unpaired) electrons. The van der Waals surface area contributed by atoms with Crippen LogP contribution >= 0.6 is 8.07 Å². The van der Waals surface area contributed by atoms with Crippen LogP contribution < -0.4 is 15.7 Å². The van der Waals surface area contributed by atoms with Crippen molar-refractivity contribution in [3.8, 4) is 0 Å². The van der Waals surface area contributed by atoms with Crippen molar-refractivity contribution < 1.29 is 0 Å². The summed E-state index contributed by atoms with van der Waals surface area (Å²) in [6.45, 7) is 2.24. The van der Waals surface area contributed by atoms with Crippen molar-refractivity contribution in [1.29, 1.82) is 0 Å². The van der Waals surface area contributed by atoms with E-state index in [0.717, 1.165) is 6.42 Å². The molecule has 0 saturated heterocycles. The van der Waals surface area contributed by atoms with Crippen molar-refractivity contribution in [2.24, 2.45) is 0 Å². The van der Waals surface area contributed by atoms with Crippen molar-refractivity contribution in [2.45, 2.75) is 26.2 Å². The van der Waals surface area contributed by atoms with Crippen LogP contribution in [0.4, 0.5) is 0 Å². The van der Waals surface area contributed by atoms with Crippen LogP contribution in [0.25, 0.3) is 5.70 Å². The quantitative estimate of drug-likeness (QED) is 0.393. The lowest BCUT2D eigenvalue weighted by Gasteiger charge is -2.23. The number of nitrogens with one attached hydrogen (secondary N) is 1. The summed E-state index contributed by atoms with van der Waals surface area (Å²) >= 11 is 0. The average molecular weight is 359 g/mol. The first kappa shape index (κ1) is 18.4. The lowest BCUT2D eigenvalue weighted by molar-refractivity contribution is 0.814. The average Bonchev–Trinajstić information content (AvgIpc) is 2.72. The third kappa shape index (κ3) is 5.07. The van der Waals surface area contributed by atoms with Gasteiger partial charge in [-0.3, -0.25) is 0 Å². The molecule has 3 aromatic rings. The molecule has 0 unspecified atom stereocenters. The predicted molar refractivity (Wildman–Crippen MR) is 116 cm³/mol. The molecule has 132 valence electrons. The third-order valence-electron chi connectivity index (χ3n) is 4.25. The predicted octanol–water partition coefficient (Wildman–Crippen LogP) is 5.86. The van der Waals surface area contributed by atoms with Crippen LogP contribution in [0.1, 0.15) is 31.7 Å². The Balaban J connectivity index is 1.95. The molecule has 0 fully saturated rings. The molecule has 3 aromatic carbocycles. The monoisotopic (exact) mass is 359 g/mol. The maximum Gasteiger partial charge on any atom is 0.0522 e. The number of rotatable bonds is 8. The topological polar surface area (TPSA) is 12.0 Å². The summed E-state index contributed by atoms with van der Waals surface area (Å²) in [7, 11) is -0.653. The number of unbranched alkanes of at least 4 members (excludes halogenated alkanes) is 2. The minimum absolute atomic E-state index is 0.653. The first-order valence-electron chi connectivity index (χ1n) is 9.31. The van der Waals surface area contributed by atoms with Crippen molar-refractivity contribution in [2.75, 3.05) is 0 Å². The number of benzene rings is 3. The summed E-state index contributed by atoms with van der Waals surface area (Å²) in [5.41, 5.74) is 2.49. The second kappa shape index (κ2) is 9.94. The molecule has 2 heteroatoms. The number of hydrogen-bond donors (Lipinski definition) is 1. The van der Waals surface area contributed by atoms with Crippen molar-refractivity contribution >= 4 is 24.4 Å². The summed E-state index contributed by atoms with van der Waals surface area (Å²) in [5, 5.41) is 6.57. The minimum Gasteiger partial charge on any atom is -0.357 e. The van der Waals surface area contributed by atoms with E-state index in [1.807, 2.05) is 0 Å². The fourth-order valence-electron chi connectivity index (χ4n) is 2.85. The highest BCUT2D eigenvalue weighted by Crippen LogP contribution is 2.33. The van der Waals surface area contributed by atoms with Gasteiger partial charge < -0.3 is 5.09 Å². The zero-order valence-corrected chi connectivity index (χ0v) is 16.2. The van der Waals surface area contributed by atoms with Gasteiger partial charge in [-0.25, -0.2) is 0 Å². The highest BCUT2D eigenvalue weighted by molar-refractivity contribution is 7.71. The SMILES string of the molecule is CCCC/C=C(/NP(c1ccccc1)c1ccccc1)c1ccccc1. The standard InChI is InChI=1S/C24H26NP/c1-2-3-7-20-24(21-14-8-4-9-15-21)25-26(22-16-10-5-11-17-22)23-18-12-6-13-19-23/h4-6,8-20,25H,2-3,7H2,1H3/b24-20+. The Morgan fingerprint density at radius 1 is 0.769 bits per heavy atom. The Bertz CT molecular complexity index is 758. The summed E-state index contributed by atoms with van der Waals surface area (Å²) < 4.78 is 0.